The van der Waals surface area contributed by atoms with Gasteiger partial charge in [-0.1, -0.05) is 35.5 Å². The highest BCUT2D eigenvalue weighted by Gasteiger charge is 2.09. The molecule has 3 rings (SSSR count). The van der Waals surface area contributed by atoms with Gasteiger partial charge in [-0.15, -0.1) is 10.2 Å². The third-order valence-corrected chi connectivity index (χ3v) is 4.14. The summed E-state index contributed by atoms with van der Waals surface area (Å²) in [6.07, 6.45) is 0. The summed E-state index contributed by atoms with van der Waals surface area (Å²) < 4.78 is 10.9. The maximum absolute atomic E-state index is 5.87. The maximum Gasteiger partial charge on any atom is 0.277 e. The van der Waals surface area contributed by atoms with Crippen LogP contribution in [-0.4, -0.2) is 17.3 Å². The van der Waals surface area contributed by atoms with E-state index in [0.29, 0.717) is 16.1 Å². The molecule has 0 aliphatic heterocycles. The Hall–Kier alpha value is -1.98. The van der Waals surface area contributed by atoms with E-state index in [-0.39, 0.29) is 0 Å². The first kappa shape index (κ1) is 14.9. The zero-order valence-electron chi connectivity index (χ0n) is 11.8. The van der Waals surface area contributed by atoms with Gasteiger partial charge in [-0.3, -0.25) is 0 Å². The number of rotatable bonds is 5. The van der Waals surface area contributed by atoms with Gasteiger partial charge < -0.3 is 9.15 Å². The molecule has 0 fully saturated rings. The molecule has 0 unspecified atom stereocenters. The monoisotopic (exact) mass is 332 g/mol. The molecule has 112 valence electrons. The molecule has 0 aliphatic rings. The Labute approximate surface area is 137 Å². The SMILES string of the molecule is COc1cccc(CSc2nnc(-c3ccc(Cl)cc3)o2)c1. The van der Waals surface area contributed by atoms with Crippen LogP contribution in [0, 0.1) is 0 Å². The van der Waals surface area contributed by atoms with Crippen LogP contribution < -0.4 is 4.74 Å². The van der Waals surface area contributed by atoms with Crippen LogP contribution in [0.2, 0.25) is 5.02 Å². The average molecular weight is 333 g/mol. The molecule has 0 spiro atoms. The molecule has 4 nitrogen and oxygen atoms in total. The van der Waals surface area contributed by atoms with E-state index >= 15 is 0 Å². The van der Waals surface area contributed by atoms with Crippen LogP contribution in [0.5, 0.6) is 5.75 Å². The summed E-state index contributed by atoms with van der Waals surface area (Å²) in [7, 11) is 1.66. The largest absolute Gasteiger partial charge is 0.497 e. The first-order chi connectivity index (χ1) is 10.7. The lowest BCUT2D eigenvalue weighted by molar-refractivity contribution is 0.414. The van der Waals surface area contributed by atoms with E-state index in [4.69, 9.17) is 20.8 Å². The van der Waals surface area contributed by atoms with Crippen LogP contribution in [0.4, 0.5) is 0 Å². The predicted octanol–water partition coefficient (Wildman–Crippen LogP) is 4.69. The van der Waals surface area contributed by atoms with Crippen LogP contribution in [0.25, 0.3) is 11.5 Å². The maximum atomic E-state index is 5.87. The van der Waals surface area contributed by atoms with Gasteiger partial charge in [0.1, 0.15) is 5.75 Å². The normalized spacial score (nSPS) is 10.6. The minimum atomic E-state index is 0.491. The zero-order chi connectivity index (χ0) is 15.4. The molecule has 22 heavy (non-hydrogen) atoms. The Bertz CT molecular complexity index is 759. The van der Waals surface area contributed by atoms with Gasteiger partial charge in [-0.05, 0) is 42.0 Å². The molecular weight excluding hydrogens is 320 g/mol. The van der Waals surface area contributed by atoms with Crippen LogP contribution >= 0.6 is 23.4 Å². The van der Waals surface area contributed by atoms with E-state index < -0.39 is 0 Å². The topological polar surface area (TPSA) is 48.2 Å². The van der Waals surface area contributed by atoms with Gasteiger partial charge in [0.15, 0.2) is 0 Å². The van der Waals surface area contributed by atoms with Crippen molar-refractivity contribution in [2.45, 2.75) is 11.0 Å². The fraction of sp³-hybridized carbons (Fsp3) is 0.125. The van der Waals surface area contributed by atoms with Crippen molar-refractivity contribution in [3.63, 3.8) is 0 Å². The van der Waals surface area contributed by atoms with Gasteiger partial charge in [-0.2, -0.15) is 0 Å². The van der Waals surface area contributed by atoms with E-state index in [1.807, 2.05) is 36.4 Å². The number of thioether (sulfide) groups is 1. The second-order valence-electron chi connectivity index (χ2n) is 4.52. The number of methoxy groups -OCH3 is 1. The molecule has 2 aromatic carbocycles. The second-order valence-corrected chi connectivity index (χ2v) is 5.88. The van der Waals surface area contributed by atoms with Gasteiger partial charge >= 0.3 is 0 Å². The number of hydrogen-bond donors (Lipinski definition) is 0. The van der Waals surface area contributed by atoms with Crippen molar-refractivity contribution >= 4 is 23.4 Å². The van der Waals surface area contributed by atoms with E-state index in [1.165, 1.54) is 11.8 Å². The Balaban J connectivity index is 1.67. The molecule has 1 heterocycles. The molecule has 6 heteroatoms. The number of nitrogens with zero attached hydrogens (tertiary/aromatic N) is 2. The quantitative estimate of drug-likeness (QED) is 0.634. The van der Waals surface area contributed by atoms with Crippen molar-refractivity contribution in [3.8, 4) is 17.2 Å². The molecule has 1 aromatic heterocycles. The highest BCUT2D eigenvalue weighted by atomic mass is 35.5. The zero-order valence-corrected chi connectivity index (χ0v) is 13.4. The second kappa shape index (κ2) is 6.85. The van der Waals surface area contributed by atoms with Gasteiger partial charge in [-0.25, -0.2) is 0 Å². The molecule has 0 bridgehead atoms. The minimum Gasteiger partial charge on any atom is -0.497 e. The summed E-state index contributed by atoms with van der Waals surface area (Å²) in [5.74, 6) is 2.06. The standard InChI is InChI=1S/C16H13ClN2O2S/c1-20-14-4-2-3-11(9-14)10-22-16-19-18-15(21-16)12-5-7-13(17)8-6-12/h2-9H,10H2,1H3. The van der Waals surface area contributed by atoms with Gasteiger partial charge in [0, 0.05) is 16.3 Å². The van der Waals surface area contributed by atoms with Gasteiger partial charge in [0.05, 0.1) is 7.11 Å². The first-order valence-corrected chi connectivity index (χ1v) is 7.96. The van der Waals surface area contributed by atoms with Crippen LogP contribution in [-0.2, 0) is 5.75 Å². The predicted molar refractivity (Wildman–Crippen MR) is 87.3 cm³/mol. The molecule has 0 aliphatic carbocycles. The fourth-order valence-corrected chi connectivity index (χ4v) is 2.72. The smallest absolute Gasteiger partial charge is 0.277 e. The molecule has 0 N–H and O–H groups in total. The minimum absolute atomic E-state index is 0.491. The lowest BCUT2D eigenvalue weighted by atomic mass is 10.2. The highest BCUT2D eigenvalue weighted by molar-refractivity contribution is 7.98. The molecule has 0 radical (unpaired) electrons. The van der Waals surface area contributed by atoms with Crippen LogP contribution in [0.15, 0.2) is 58.2 Å². The average Bonchev–Trinajstić information content (AvgIpc) is 3.03. The number of benzene rings is 2. The Kier molecular flexibility index (Phi) is 4.65. The molecule has 0 saturated heterocycles. The fourth-order valence-electron chi connectivity index (χ4n) is 1.88. The highest BCUT2D eigenvalue weighted by Crippen LogP contribution is 2.27. The summed E-state index contributed by atoms with van der Waals surface area (Å²) in [6.45, 7) is 0. The van der Waals surface area contributed by atoms with Crippen molar-refractivity contribution in [2.75, 3.05) is 7.11 Å². The Morgan fingerprint density at radius 2 is 1.95 bits per heavy atom. The van der Waals surface area contributed by atoms with Gasteiger partial charge in [0.25, 0.3) is 5.22 Å². The van der Waals surface area contributed by atoms with Crippen molar-refractivity contribution in [1.29, 1.82) is 0 Å². The number of hydrogen-bond acceptors (Lipinski definition) is 5. The van der Waals surface area contributed by atoms with Crippen molar-refractivity contribution in [3.05, 3.63) is 59.1 Å². The summed E-state index contributed by atoms with van der Waals surface area (Å²) in [4.78, 5) is 0. The number of halogens is 1. The van der Waals surface area contributed by atoms with E-state index in [1.54, 1.807) is 19.2 Å². The van der Waals surface area contributed by atoms with Crippen LogP contribution in [0.3, 0.4) is 0 Å². The van der Waals surface area contributed by atoms with E-state index in [9.17, 15) is 0 Å². The molecule has 3 aromatic rings. The Morgan fingerprint density at radius 1 is 1.14 bits per heavy atom. The van der Waals surface area contributed by atoms with E-state index in [2.05, 4.69) is 10.2 Å². The lowest BCUT2D eigenvalue weighted by Crippen LogP contribution is -1.85. The van der Waals surface area contributed by atoms with Crippen LogP contribution in [0.1, 0.15) is 5.56 Å². The molecule has 0 saturated carbocycles. The number of aromatic nitrogens is 2. The summed E-state index contributed by atoms with van der Waals surface area (Å²) in [6, 6.07) is 15.2. The Morgan fingerprint density at radius 3 is 2.73 bits per heavy atom. The molecule has 0 atom stereocenters. The lowest BCUT2D eigenvalue weighted by Gasteiger charge is -2.02. The third kappa shape index (κ3) is 3.61. The molecular formula is C16H13ClN2O2S. The van der Waals surface area contributed by atoms with Crippen molar-refractivity contribution in [2.24, 2.45) is 0 Å². The summed E-state index contributed by atoms with van der Waals surface area (Å²) >= 11 is 7.36. The first-order valence-electron chi connectivity index (χ1n) is 6.60. The van der Waals surface area contributed by atoms with E-state index in [0.717, 1.165) is 22.6 Å². The summed E-state index contributed by atoms with van der Waals surface area (Å²) in [5.41, 5.74) is 1.99. The third-order valence-electron chi connectivity index (χ3n) is 2.99. The van der Waals surface area contributed by atoms with Crippen molar-refractivity contribution in [1.82, 2.24) is 10.2 Å². The molecule has 0 amide bonds. The number of ether oxygens (including phenoxy) is 1. The summed E-state index contributed by atoms with van der Waals surface area (Å²) in [5, 5.41) is 9.32. The van der Waals surface area contributed by atoms with Gasteiger partial charge in [0.2, 0.25) is 5.89 Å². The van der Waals surface area contributed by atoms with Crippen molar-refractivity contribution < 1.29 is 9.15 Å².